The Morgan fingerprint density at radius 1 is 0.763 bits per heavy atom. The summed E-state index contributed by atoms with van der Waals surface area (Å²) in [5, 5.41) is 3.01. The summed E-state index contributed by atoms with van der Waals surface area (Å²) in [5.41, 5.74) is 3.61. The Balaban J connectivity index is 1.27. The van der Waals surface area contributed by atoms with Crippen LogP contribution in [0.5, 0.6) is 5.75 Å². The second kappa shape index (κ2) is 10.8. The Kier molecular flexibility index (Phi) is 6.75. The Morgan fingerprint density at radius 2 is 1.47 bits per heavy atom. The van der Waals surface area contributed by atoms with Crippen LogP contribution in [0.2, 0.25) is 0 Å². The minimum absolute atomic E-state index is 0.0991. The zero-order chi connectivity index (χ0) is 25.7. The molecule has 0 aromatic heterocycles. The van der Waals surface area contributed by atoms with Crippen molar-refractivity contribution in [1.29, 1.82) is 0 Å². The Bertz CT molecular complexity index is 1660. The van der Waals surface area contributed by atoms with E-state index >= 15 is 0 Å². The maximum atomic E-state index is 13.6. The van der Waals surface area contributed by atoms with Gasteiger partial charge in [-0.05, 0) is 76.1 Å². The van der Waals surface area contributed by atoms with Gasteiger partial charge in [0, 0.05) is 0 Å². The summed E-state index contributed by atoms with van der Waals surface area (Å²) in [5.74, 6) is 0.652. The molecule has 0 radical (unpaired) electrons. The van der Waals surface area contributed by atoms with Gasteiger partial charge in [-0.3, -0.25) is 9.69 Å². The maximum Gasteiger partial charge on any atom is 0.271 e. The van der Waals surface area contributed by atoms with E-state index in [4.69, 9.17) is 9.73 Å². The molecule has 0 unspecified atom stereocenters. The van der Waals surface area contributed by atoms with Crippen molar-refractivity contribution in [3.05, 3.63) is 143 Å². The molecule has 184 valence electrons. The minimum Gasteiger partial charge on any atom is -0.489 e. The lowest BCUT2D eigenvalue weighted by atomic mass is 10.1. The van der Waals surface area contributed by atoms with Crippen LogP contribution in [-0.4, -0.2) is 11.1 Å². The third kappa shape index (κ3) is 5.10. The summed E-state index contributed by atoms with van der Waals surface area (Å²) in [4.78, 5) is 20.6. The number of ether oxygens (including phenoxy) is 1. The van der Waals surface area contributed by atoms with Gasteiger partial charge in [-0.1, -0.05) is 91.0 Å². The molecule has 1 amide bonds. The van der Waals surface area contributed by atoms with Crippen molar-refractivity contribution in [2.45, 2.75) is 6.61 Å². The number of rotatable bonds is 6. The number of aliphatic imine (C=N–C) groups is 1. The molecule has 0 N–H and O–H groups in total. The lowest BCUT2D eigenvalue weighted by Gasteiger charge is -2.15. The van der Waals surface area contributed by atoms with Crippen molar-refractivity contribution >= 4 is 51.1 Å². The summed E-state index contributed by atoms with van der Waals surface area (Å²) >= 11 is 1.38. The largest absolute Gasteiger partial charge is 0.489 e. The van der Waals surface area contributed by atoms with Gasteiger partial charge in [0.1, 0.15) is 12.4 Å². The molecule has 6 rings (SSSR count). The second-order valence-electron chi connectivity index (χ2n) is 8.82. The van der Waals surface area contributed by atoms with Gasteiger partial charge in [-0.15, -0.1) is 0 Å². The summed E-state index contributed by atoms with van der Waals surface area (Å²) in [6, 6.07) is 41.7. The van der Waals surface area contributed by atoms with Gasteiger partial charge in [0.2, 0.25) is 0 Å². The fraction of sp³-hybridized carbons (Fsp3) is 0.0303. The molecule has 1 aliphatic heterocycles. The van der Waals surface area contributed by atoms with Crippen LogP contribution in [-0.2, 0) is 11.4 Å². The highest BCUT2D eigenvalue weighted by Crippen LogP contribution is 2.37. The molecule has 0 saturated carbocycles. The zero-order valence-corrected chi connectivity index (χ0v) is 21.3. The molecule has 0 bridgehead atoms. The second-order valence-corrected chi connectivity index (χ2v) is 9.83. The normalized spacial score (nSPS) is 15.5. The molecule has 5 heteroatoms. The molecule has 1 saturated heterocycles. The molecular weight excluding hydrogens is 488 g/mol. The van der Waals surface area contributed by atoms with Crippen LogP contribution in [0.25, 0.3) is 16.8 Å². The standard InChI is InChI=1S/C33H24N2O2S/c36-32-31(38-33(34-27-15-3-1-4-16-27)35(32)28-17-5-2-6-18-28)22-24-11-9-19-29(21-24)37-23-26-14-10-13-25-12-7-8-20-30(25)26/h1-22H,23H2/b31-22-,34-33?. The average Bonchev–Trinajstić information content (AvgIpc) is 3.26. The third-order valence-corrected chi connectivity index (χ3v) is 7.20. The maximum absolute atomic E-state index is 13.6. The van der Waals surface area contributed by atoms with E-state index in [0.717, 1.165) is 28.3 Å². The molecule has 0 aliphatic carbocycles. The lowest BCUT2D eigenvalue weighted by Crippen LogP contribution is -2.28. The highest BCUT2D eigenvalue weighted by atomic mass is 32.2. The van der Waals surface area contributed by atoms with E-state index in [9.17, 15) is 4.79 Å². The van der Waals surface area contributed by atoms with Crippen molar-refractivity contribution in [2.75, 3.05) is 4.90 Å². The molecule has 4 nitrogen and oxygen atoms in total. The van der Waals surface area contributed by atoms with E-state index in [2.05, 4.69) is 30.3 Å². The van der Waals surface area contributed by atoms with Crippen LogP contribution in [0, 0.1) is 0 Å². The SMILES string of the molecule is O=C1/C(=C/c2cccc(OCc3cccc4ccccc34)c2)SC(=Nc2ccccc2)N1c1ccccc1. The first-order valence-electron chi connectivity index (χ1n) is 12.4. The molecule has 38 heavy (non-hydrogen) atoms. The summed E-state index contributed by atoms with van der Waals surface area (Å²) < 4.78 is 6.17. The van der Waals surface area contributed by atoms with Crippen molar-refractivity contribution < 1.29 is 9.53 Å². The van der Waals surface area contributed by atoms with Crippen molar-refractivity contribution in [3.8, 4) is 5.75 Å². The van der Waals surface area contributed by atoms with E-state index in [0.29, 0.717) is 16.7 Å². The smallest absolute Gasteiger partial charge is 0.271 e. The number of benzene rings is 5. The van der Waals surface area contributed by atoms with Gasteiger partial charge >= 0.3 is 0 Å². The van der Waals surface area contributed by atoms with E-state index < -0.39 is 0 Å². The van der Waals surface area contributed by atoms with Crippen LogP contribution >= 0.6 is 11.8 Å². The molecule has 5 aromatic carbocycles. The Morgan fingerprint density at radius 3 is 2.32 bits per heavy atom. The molecule has 0 spiro atoms. The monoisotopic (exact) mass is 512 g/mol. The van der Waals surface area contributed by atoms with Gasteiger partial charge in [-0.25, -0.2) is 4.99 Å². The Hall–Kier alpha value is -4.61. The van der Waals surface area contributed by atoms with Gasteiger partial charge in [0.25, 0.3) is 5.91 Å². The van der Waals surface area contributed by atoms with Crippen LogP contribution in [0.3, 0.4) is 0 Å². The average molecular weight is 513 g/mol. The number of anilines is 1. The fourth-order valence-electron chi connectivity index (χ4n) is 4.39. The highest BCUT2D eigenvalue weighted by Gasteiger charge is 2.34. The van der Waals surface area contributed by atoms with E-state index in [-0.39, 0.29) is 5.91 Å². The van der Waals surface area contributed by atoms with Gasteiger partial charge in [0.15, 0.2) is 5.17 Å². The van der Waals surface area contributed by atoms with Crippen LogP contribution < -0.4 is 9.64 Å². The van der Waals surface area contributed by atoms with E-state index in [1.165, 1.54) is 22.5 Å². The van der Waals surface area contributed by atoms with Crippen molar-refractivity contribution in [1.82, 2.24) is 0 Å². The third-order valence-electron chi connectivity index (χ3n) is 6.23. The fourth-order valence-corrected chi connectivity index (χ4v) is 5.39. The van der Waals surface area contributed by atoms with Gasteiger partial charge in [-0.2, -0.15) is 0 Å². The van der Waals surface area contributed by atoms with E-state index in [1.54, 1.807) is 4.90 Å². The number of fused-ring (bicyclic) bond motifs is 1. The summed E-state index contributed by atoms with van der Waals surface area (Å²) in [6.07, 6.45) is 1.90. The predicted molar refractivity (Wildman–Crippen MR) is 158 cm³/mol. The number of para-hydroxylation sites is 2. The topological polar surface area (TPSA) is 41.9 Å². The van der Waals surface area contributed by atoms with Gasteiger partial charge in [0.05, 0.1) is 16.3 Å². The minimum atomic E-state index is -0.0991. The number of carbonyl (C=O) groups is 1. The highest BCUT2D eigenvalue weighted by molar-refractivity contribution is 8.19. The molecule has 5 aromatic rings. The van der Waals surface area contributed by atoms with Crippen molar-refractivity contribution in [3.63, 3.8) is 0 Å². The molecule has 1 heterocycles. The van der Waals surface area contributed by atoms with Gasteiger partial charge < -0.3 is 4.74 Å². The first-order chi connectivity index (χ1) is 18.7. The quantitative estimate of drug-likeness (QED) is 0.215. The number of nitrogens with zero attached hydrogens (tertiary/aromatic N) is 2. The van der Waals surface area contributed by atoms with E-state index in [1.807, 2.05) is 103 Å². The first kappa shape index (κ1) is 23.8. The lowest BCUT2D eigenvalue weighted by molar-refractivity contribution is -0.113. The number of amides is 1. The Labute approximate surface area is 225 Å². The first-order valence-corrected chi connectivity index (χ1v) is 13.2. The molecular formula is C33H24N2O2S. The number of hydrogen-bond acceptors (Lipinski definition) is 4. The number of hydrogen-bond donors (Lipinski definition) is 0. The number of thioether (sulfide) groups is 1. The molecule has 1 aliphatic rings. The van der Waals surface area contributed by atoms with Crippen LogP contribution in [0.1, 0.15) is 11.1 Å². The van der Waals surface area contributed by atoms with Crippen LogP contribution in [0.4, 0.5) is 11.4 Å². The summed E-state index contributed by atoms with van der Waals surface area (Å²) in [6.45, 7) is 0.463. The number of carbonyl (C=O) groups excluding carboxylic acids is 1. The number of amidine groups is 1. The molecule has 1 fully saturated rings. The van der Waals surface area contributed by atoms with Crippen LogP contribution in [0.15, 0.2) is 137 Å². The molecule has 0 atom stereocenters. The van der Waals surface area contributed by atoms with Crippen molar-refractivity contribution in [2.24, 2.45) is 4.99 Å². The zero-order valence-electron chi connectivity index (χ0n) is 20.5. The predicted octanol–water partition coefficient (Wildman–Crippen LogP) is 8.23. The summed E-state index contributed by atoms with van der Waals surface area (Å²) in [7, 11) is 0.